The Morgan fingerprint density at radius 3 is 2.86 bits per heavy atom. The van der Waals surface area contributed by atoms with E-state index in [0.29, 0.717) is 10.6 Å². The van der Waals surface area contributed by atoms with Crippen LogP contribution in [0.4, 0.5) is 0 Å². The molecule has 0 aliphatic carbocycles. The molecule has 0 fully saturated rings. The van der Waals surface area contributed by atoms with E-state index in [1.807, 2.05) is 35.7 Å². The largest absolute Gasteiger partial charge is 0.332 e. The molecule has 1 aromatic heterocycles. The third-order valence-corrected chi connectivity index (χ3v) is 8.42. The molecule has 0 saturated heterocycles. The molecule has 1 N–H and O–H groups in total. The first-order chi connectivity index (χ1) is 13.8. The first-order valence-corrected chi connectivity index (χ1v) is 13.4. The number of fused-ring (bicyclic) bond motifs is 1. The first-order valence-electron chi connectivity index (χ1n) is 8.92. The van der Waals surface area contributed by atoms with E-state index < -0.39 is 13.0 Å². The molecule has 152 valence electrons. The molecule has 3 rings (SSSR count). The van der Waals surface area contributed by atoms with Crippen LogP contribution in [0.5, 0.6) is 0 Å². The molecule has 0 saturated carbocycles. The normalized spacial score (nSPS) is 14.8. The molecule has 2 aromatic carbocycles. The van der Waals surface area contributed by atoms with E-state index in [1.165, 1.54) is 18.0 Å². The number of carbonyl (C=O) groups is 1. The van der Waals surface area contributed by atoms with Crippen LogP contribution in [-0.4, -0.2) is 19.2 Å². The van der Waals surface area contributed by atoms with Crippen molar-refractivity contribution in [3.8, 4) is 0 Å². The smallest absolute Gasteiger partial charge is 0.241 e. The fraction of sp³-hybridized carbons (Fsp3) is 0.190. The van der Waals surface area contributed by atoms with Crippen LogP contribution in [0.15, 0.2) is 54.0 Å². The number of carbonyl (C=O) groups excluding carboxylic acids is 1. The van der Waals surface area contributed by atoms with Gasteiger partial charge in [0.05, 0.1) is 6.61 Å². The van der Waals surface area contributed by atoms with Crippen LogP contribution in [0, 0.1) is 3.57 Å². The third kappa shape index (κ3) is 5.50. The summed E-state index contributed by atoms with van der Waals surface area (Å²) in [6.45, 7) is 3.54. The minimum atomic E-state index is -3.27. The average Bonchev–Trinajstić information content (AvgIpc) is 3.04. The minimum Gasteiger partial charge on any atom is -0.332 e. The Balaban J connectivity index is 1.94. The van der Waals surface area contributed by atoms with Gasteiger partial charge in [0.1, 0.15) is 5.66 Å². The summed E-state index contributed by atoms with van der Waals surface area (Å²) in [5.74, 6) is -0.370. The van der Waals surface area contributed by atoms with Gasteiger partial charge in [0, 0.05) is 26.2 Å². The van der Waals surface area contributed by atoms with Crippen molar-refractivity contribution in [2.75, 3.05) is 13.3 Å². The van der Waals surface area contributed by atoms with Crippen LogP contribution in [0.3, 0.4) is 0 Å². The van der Waals surface area contributed by atoms with Crippen LogP contribution < -0.4 is 5.32 Å². The van der Waals surface area contributed by atoms with E-state index in [4.69, 9.17) is 16.1 Å². The SMILES string of the molecule is CCOP(C)(=O)C(C(=O)NC=Cc1cccc([123I])c1)c1csc2ccc(Cl)cc12. The number of halogens is 2. The summed E-state index contributed by atoms with van der Waals surface area (Å²) in [5.41, 5.74) is 0.716. The highest BCUT2D eigenvalue weighted by atomic mass is 123. The highest BCUT2D eigenvalue weighted by Gasteiger charge is 2.38. The minimum absolute atomic E-state index is 0.263. The van der Waals surface area contributed by atoms with E-state index in [0.717, 1.165) is 19.2 Å². The molecule has 2 unspecified atom stereocenters. The Bertz CT molecular complexity index is 1110. The molecule has 4 nitrogen and oxygen atoms in total. The maximum atomic E-state index is 13.3. The topological polar surface area (TPSA) is 55.4 Å². The molecule has 1 heterocycles. The second kappa shape index (κ2) is 9.75. The first kappa shape index (κ1) is 22.5. The van der Waals surface area contributed by atoms with Crippen molar-refractivity contribution in [1.82, 2.24) is 5.32 Å². The Labute approximate surface area is 192 Å². The van der Waals surface area contributed by atoms with E-state index >= 15 is 0 Å². The fourth-order valence-electron chi connectivity index (χ4n) is 3.08. The lowest BCUT2D eigenvalue weighted by molar-refractivity contribution is -0.120. The summed E-state index contributed by atoms with van der Waals surface area (Å²) in [5, 5.41) is 6.04. The number of amides is 1. The molecule has 0 radical (unpaired) electrons. The van der Waals surface area contributed by atoms with Crippen molar-refractivity contribution in [1.29, 1.82) is 0 Å². The number of nitrogens with one attached hydrogen (secondary N) is 1. The molecular formula is C21H20ClINO3PS. The van der Waals surface area contributed by atoms with E-state index in [1.54, 1.807) is 31.3 Å². The highest BCUT2D eigenvalue weighted by molar-refractivity contribution is 14.1. The summed E-state index contributed by atoms with van der Waals surface area (Å²) in [4.78, 5) is 13.1. The zero-order valence-electron chi connectivity index (χ0n) is 15.9. The van der Waals surface area contributed by atoms with Crippen molar-refractivity contribution >= 4 is 75.0 Å². The van der Waals surface area contributed by atoms with Gasteiger partial charge in [-0.1, -0.05) is 23.7 Å². The molecule has 1 amide bonds. The molecule has 29 heavy (non-hydrogen) atoms. The zero-order valence-corrected chi connectivity index (χ0v) is 20.5. The van der Waals surface area contributed by atoms with E-state index in [9.17, 15) is 9.36 Å². The molecule has 8 heteroatoms. The number of hydrogen-bond donors (Lipinski definition) is 1. The monoisotopic (exact) mass is 555 g/mol. The Morgan fingerprint density at radius 2 is 2.14 bits per heavy atom. The van der Waals surface area contributed by atoms with Gasteiger partial charge in [-0.3, -0.25) is 9.36 Å². The Hall–Kier alpha value is -1.18. The molecule has 0 bridgehead atoms. The van der Waals surface area contributed by atoms with Gasteiger partial charge in [0.15, 0.2) is 0 Å². The van der Waals surface area contributed by atoms with Crippen LogP contribution in [0.1, 0.15) is 23.7 Å². The molecule has 0 aliphatic rings. The van der Waals surface area contributed by atoms with Crippen molar-refractivity contribution < 1.29 is 13.9 Å². The van der Waals surface area contributed by atoms with Gasteiger partial charge >= 0.3 is 0 Å². The number of benzene rings is 2. The number of rotatable bonds is 7. The standard InChI is InChI=1S/C21H20ClINO3PS/c1-3-27-28(2,26)20(18-13-29-19-8-7-15(22)12-17(18)19)21(25)24-10-9-14-5-4-6-16(23)11-14/h4-13,20H,3H2,1-2H3,(H,24,25)/i23-4. The van der Waals surface area contributed by atoms with Gasteiger partial charge in [-0.2, -0.15) is 0 Å². The van der Waals surface area contributed by atoms with E-state index in [-0.39, 0.29) is 12.5 Å². The summed E-state index contributed by atoms with van der Waals surface area (Å²) in [7, 11) is -3.27. The quantitative estimate of drug-likeness (QED) is 0.254. The number of thiophene rings is 1. The molecule has 0 spiro atoms. The van der Waals surface area contributed by atoms with Crippen molar-refractivity contribution in [2.45, 2.75) is 12.6 Å². The summed E-state index contributed by atoms with van der Waals surface area (Å²) in [6.07, 6.45) is 3.38. The zero-order chi connectivity index (χ0) is 21.0. The third-order valence-electron chi connectivity index (χ3n) is 4.31. The predicted molar refractivity (Wildman–Crippen MR) is 131 cm³/mol. The van der Waals surface area contributed by atoms with Crippen molar-refractivity contribution in [2.24, 2.45) is 0 Å². The Kier molecular flexibility index (Phi) is 7.57. The number of hydrogen-bond acceptors (Lipinski definition) is 4. The van der Waals surface area contributed by atoms with Gasteiger partial charge < -0.3 is 9.84 Å². The van der Waals surface area contributed by atoms with Crippen LogP contribution in [-0.2, 0) is 13.9 Å². The second-order valence-electron chi connectivity index (χ2n) is 6.46. The predicted octanol–water partition coefficient (Wildman–Crippen LogP) is 6.93. The lowest BCUT2D eigenvalue weighted by Crippen LogP contribution is -2.25. The summed E-state index contributed by atoms with van der Waals surface area (Å²) < 4.78 is 20.9. The van der Waals surface area contributed by atoms with Gasteiger partial charge in [-0.25, -0.2) is 0 Å². The summed E-state index contributed by atoms with van der Waals surface area (Å²) >= 11 is 9.89. The second-order valence-corrected chi connectivity index (χ2v) is 11.6. The fourth-order valence-corrected chi connectivity index (χ4v) is 6.77. The Morgan fingerprint density at radius 1 is 1.34 bits per heavy atom. The maximum Gasteiger partial charge on any atom is 0.241 e. The van der Waals surface area contributed by atoms with Gasteiger partial charge in [-0.05, 0) is 87.8 Å². The average molecular weight is 556 g/mol. The van der Waals surface area contributed by atoms with Gasteiger partial charge in [-0.15, -0.1) is 11.3 Å². The van der Waals surface area contributed by atoms with Crippen LogP contribution in [0.25, 0.3) is 16.2 Å². The van der Waals surface area contributed by atoms with Crippen molar-refractivity contribution in [3.63, 3.8) is 0 Å². The molecular weight excluding hydrogens is 536 g/mol. The van der Waals surface area contributed by atoms with E-state index in [2.05, 4.69) is 27.9 Å². The van der Waals surface area contributed by atoms with Crippen LogP contribution in [0.2, 0.25) is 5.02 Å². The van der Waals surface area contributed by atoms with Crippen molar-refractivity contribution in [3.05, 3.63) is 73.8 Å². The lowest BCUT2D eigenvalue weighted by atomic mass is 10.1. The highest BCUT2D eigenvalue weighted by Crippen LogP contribution is 2.58. The van der Waals surface area contributed by atoms with Crippen LogP contribution >= 0.6 is 52.9 Å². The molecule has 3 aromatic rings. The molecule has 0 aliphatic heterocycles. The van der Waals surface area contributed by atoms with Gasteiger partial charge in [0.2, 0.25) is 13.3 Å². The molecule has 2 atom stereocenters. The lowest BCUT2D eigenvalue weighted by Gasteiger charge is -2.22. The maximum absolute atomic E-state index is 13.3. The van der Waals surface area contributed by atoms with Gasteiger partial charge in [0.25, 0.3) is 0 Å². The summed E-state index contributed by atoms with van der Waals surface area (Å²) in [6, 6.07) is 13.4.